The second-order valence-corrected chi connectivity index (χ2v) is 7.95. The fourth-order valence-electron chi connectivity index (χ4n) is 3.49. The van der Waals surface area contributed by atoms with E-state index in [1.807, 2.05) is 0 Å². The summed E-state index contributed by atoms with van der Waals surface area (Å²) in [7, 11) is 2.95. The molecule has 0 saturated heterocycles. The number of nitrogens with one attached hydrogen (secondary N) is 1. The second kappa shape index (κ2) is 9.85. The Morgan fingerprint density at radius 1 is 1.12 bits per heavy atom. The molecule has 0 aliphatic heterocycles. The number of rotatable bonds is 7. The standard InChI is InChI=1S/C23H23ClN4O5/c1-27-12-16(21(30)28(2)23(27)33)14-8-6-13(7-9-14)10-18(22(31)32)26-20(29)19-15(11-25)4-3-5-17(19)24/h3-9,12,18H,10-11,25H2,1-2H3,(H,26,29)(H,31,32). The molecule has 1 unspecified atom stereocenters. The molecule has 3 rings (SSSR count). The van der Waals surface area contributed by atoms with Gasteiger partial charge >= 0.3 is 11.7 Å². The summed E-state index contributed by atoms with van der Waals surface area (Å²) in [5.74, 6) is -1.83. The van der Waals surface area contributed by atoms with Crippen LogP contribution in [0.4, 0.5) is 0 Å². The zero-order valence-electron chi connectivity index (χ0n) is 18.0. The van der Waals surface area contributed by atoms with Gasteiger partial charge in [0.05, 0.1) is 16.1 Å². The van der Waals surface area contributed by atoms with Gasteiger partial charge in [-0.3, -0.25) is 14.2 Å². The second-order valence-electron chi connectivity index (χ2n) is 7.54. The molecule has 0 aliphatic carbocycles. The number of nitrogens with two attached hydrogens (primary N) is 1. The molecule has 1 atom stereocenters. The SMILES string of the molecule is Cn1cc(-c2ccc(CC(NC(=O)c3c(Cl)cccc3CN)C(=O)O)cc2)c(=O)n(C)c1=O. The van der Waals surface area contributed by atoms with E-state index in [0.29, 0.717) is 22.3 Å². The number of carbonyl (C=O) groups excluding carboxylic acids is 1. The molecule has 0 aliphatic rings. The average molecular weight is 471 g/mol. The fourth-order valence-corrected chi connectivity index (χ4v) is 3.77. The Morgan fingerprint density at radius 3 is 2.39 bits per heavy atom. The Morgan fingerprint density at radius 2 is 1.79 bits per heavy atom. The van der Waals surface area contributed by atoms with Crippen LogP contribution in [-0.4, -0.2) is 32.2 Å². The summed E-state index contributed by atoms with van der Waals surface area (Å²) in [6, 6.07) is 10.3. The number of hydrogen-bond donors (Lipinski definition) is 3. The van der Waals surface area contributed by atoms with E-state index in [1.165, 1.54) is 23.9 Å². The molecule has 0 bridgehead atoms. The number of aliphatic carboxylic acids is 1. The lowest BCUT2D eigenvalue weighted by atomic mass is 10.0. The molecule has 1 heterocycles. The van der Waals surface area contributed by atoms with Gasteiger partial charge in [-0.1, -0.05) is 48.0 Å². The third-order valence-corrected chi connectivity index (χ3v) is 5.62. The summed E-state index contributed by atoms with van der Waals surface area (Å²) in [5, 5.41) is 12.3. The predicted octanol–water partition coefficient (Wildman–Crippen LogP) is 1.29. The van der Waals surface area contributed by atoms with Crippen molar-refractivity contribution in [2.75, 3.05) is 0 Å². The summed E-state index contributed by atoms with van der Waals surface area (Å²) in [4.78, 5) is 48.9. The van der Waals surface area contributed by atoms with Gasteiger partial charge in [0.25, 0.3) is 11.5 Å². The molecule has 4 N–H and O–H groups in total. The van der Waals surface area contributed by atoms with Crippen molar-refractivity contribution in [1.29, 1.82) is 0 Å². The molecule has 1 aromatic heterocycles. The predicted molar refractivity (Wildman–Crippen MR) is 124 cm³/mol. The molecule has 0 saturated carbocycles. The molecule has 0 spiro atoms. The quantitative estimate of drug-likeness (QED) is 0.476. The van der Waals surface area contributed by atoms with Crippen LogP contribution in [0.15, 0.2) is 58.3 Å². The van der Waals surface area contributed by atoms with Crippen molar-refractivity contribution in [3.05, 3.63) is 91.2 Å². The Labute approximate surface area is 194 Å². The first-order valence-electron chi connectivity index (χ1n) is 10.0. The van der Waals surface area contributed by atoms with E-state index >= 15 is 0 Å². The van der Waals surface area contributed by atoms with E-state index in [0.717, 1.165) is 4.57 Å². The molecular formula is C23H23ClN4O5. The van der Waals surface area contributed by atoms with Crippen LogP contribution in [0, 0.1) is 0 Å². The molecule has 3 aromatic rings. The minimum absolute atomic E-state index is 0.00898. The first kappa shape index (κ1) is 24.0. The van der Waals surface area contributed by atoms with Crippen molar-refractivity contribution < 1.29 is 14.7 Å². The topological polar surface area (TPSA) is 136 Å². The first-order chi connectivity index (χ1) is 15.6. The van der Waals surface area contributed by atoms with E-state index in [1.54, 1.807) is 43.4 Å². The molecule has 10 heteroatoms. The van der Waals surface area contributed by atoms with Crippen molar-refractivity contribution in [2.45, 2.75) is 19.0 Å². The van der Waals surface area contributed by atoms with Gasteiger partial charge in [0.1, 0.15) is 6.04 Å². The van der Waals surface area contributed by atoms with E-state index in [-0.39, 0.29) is 23.6 Å². The molecule has 33 heavy (non-hydrogen) atoms. The molecule has 2 aromatic carbocycles. The Bertz CT molecular complexity index is 1330. The van der Waals surface area contributed by atoms with Gasteiger partial charge in [-0.05, 0) is 22.8 Å². The highest BCUT2D eigenvalue weighted by Gasteiger charge is 2.24. The number of aromatic nitrogens is 2. The fraction of sp³-hybridized carbons (Fsp3) is 0.217. The number of carboxylic acid groups (broad SMARTS) is 1. The lowest BCUT2D eigenvalue weighted by Crippen LogP contribution is -2.42. The zero-order chi connectivity index (χ0) is 24.3. The highest BCUT2D eigenvalue weighted by molar-refractivity contribution is 6.34. The third-order valence-electron chi connectivity index (χ3n) is 5.30. The maximum Gasteiger partial charge on any atom is 0.330 e. The summed E-state index contributed by atoms with van der Waals surface area (Å²) in [6.45, 7) is 0.0764. The van der Waals surface area contributed by atoms with E-state index in [2.05, 4.69) is 5.32 Å². The normalized spacial score (nSPS) is 11.8. The average Bonchev–Trinajstić information content (AvgIpc) is 2.79. The van der Waals surface area contributed by atoms with Gasteiger partial charge < -0.3 is 20.7 Å². The Hall–Kier alpha value is -3.69. The van der Waals surface area contributed by atoms with E-state index in [4.69, 9.17) is 17.3 Å². The zero-order valence-corrected chi connectivity index (χ0v) is 18.8. The van der Waals surface area contributed by atoms with Crippen LogP contribution in [-0.2, 0) is 31.9 Å². The highest BCUT2D eigenvalue weighted by atomic mass is 35.5. The van der Waals surface area contributed by atoms with Gasteiger partial charge in [0.15, 0.2) is 0 Å². The highest BCUT2D eigenvalue weighted by Crippen LogP contribution is 2.21. The molecule has 0 fully saturated rings. The van der Waals surface area contributed by atoms with Gasteiger partial charge in [-0.2, -0.15) is 0 Å². The lowest BCUT2D eigenvalue weighted by Gasteiger charge is -2.17. The number of halogens is 1. The van der Waals surface area contributed by atoms with Crippen LogP contribution in [0.2, 0.25) is 5.02 Å². The monoisotopic (exact) mass is 470 g/mol. The van der Waals surface area contributed by atoms with Crippen LogP contribution in [0.25, 0.3) is 11.1 Å². The van der Waals surface area contributed by atoms with Crippen LogP contribution in [0.5, 0.6) is 0 Å². The summed E-state index contributed by atoms with van der Waals surface area (Å²) < 4.78 is 2.33. The van der Waals surface area contributed by atoms with Gasteiger partial charge in [-0.25, -0.2) is 9.59 Å². The number of nitrogens with zero attached hydrogens (tertiary/aromatic N) is 2. The van der Waals surface area contributed by atoms with Crippen molar-refractivity contribution >= 4 is 23.5 Å². The van der Waals surface area contributed by atoms with Crippen LogP contribution < -0.4 is 22.3 Å². The summed E-state index contributed by atoms with van der Waals surface area (Å²) in [5.41, 5.74) is 7.00. The van der Waals surface area contributed by atoms with E-state index < -0.39 is 29.2 Å². The Kier molecular flexibility index (Phi) is 7.15. The van der Waals surface area contributed by atoms with Gasteiger partial charge in [0, 0.05) is 33.3 Å². The molecular weight excluding hydrogens is 448 g/mol. The maximum atomic E-state index is 12.7. The van der Waals surface area contributed by atoms with Crippen LogP contribution >= 0.6 is 11.6 Å². The van der Waals surface area contributed by atoms with Gasteiger partial charge in [-0.15, -0.1) is 0 Å². The van der Waals surface area contributed by atoms with Crippen LogP contribution in [0.1, 0.15) is 21.5 Å². The Balaban J connectivity index is 1.83. The number of carboxylic acids is 1. The van der Waals surface area contributed by atoms with Crippen molar-refractivity contribution in [1.82, 2.24) is 14.5 Å². The largest absolute Gasteiger partial charge is 0.480 e. The summed E-state index contributed by atoms with van der Waals surface area (Å²) >= 11 is 6.13. The van der Waals surface area contributed by atoms with Crippen molar-refractivity contribution in [3.63, 3.8) is 0 Å². The smallest absolute Gasteiger partial charge is 0.330 e. The van der Waals surface area contributed by atoms with E-state index in [9.17, 15) is 24.3 Å². The molecule has 1 amide bonds. The minimum Gasteiger partial charge on any atom is -0.480 e. The molecule has 0 radical (unpaired) electrons. The third kappa shape index (κ3) is 5.05. The number of amides is 1. The summed E-state index contributed by atoms with van der Waals surface area (Å²) in [6.07, 6.45) is 1.47. The lowest BCUT2D eigenvalue weighted by molar-refractivity contribution is -0.139. The number of hydrogen-bond acceptors (Lipinski definition) is 5. The number of benzene rings is 2. The van der Waals surface area contributed by atoms with Crippen LogP contribution in [0.3, 0.4) is 0 Å². The van der Waals surface area contributed by atoms with Crippen molar-refractivity contribution in [2.24, 2.45) is 19.8 Å². The number of carbonyl (C=O) groups is 2. The molecule has 172 valence electrons. The minimum atomic E-state index is -1.21. The first-order valence-corrected chi connectivity index (χ1v) is 10.4. The van der Waals surface area contributed by atoms with Gasteiger partial charge in [0.2, 0.25) is 0 Å². The number of aryl methyl sites for hydroxylation is 1. The van der Waals surface area contributed by atoms with Crippen molar-refractivity contribution in [3.8, 4) is 11.1 Å². The molecule has 9 nitrogen and oxygen atoms in total. The maximum absolute atomic E-state index is 12.7.